The highest BCUT2D eigenvalue weighted by Crippen LogP contribution is 2.38. The SMILES string of the molecule is CC(C)[C@](C)(c1ccc(-c2cnc(N)nc2)nc1)c1noc(-c2cnn(CC(=O)NC3CCOCC3)c2)n1. The molecule has 0 radical (unpaired) electrons. The van der Waals surface area contributed by atoms with Crippen molar-refractivity contribution in [1.82, 2.24) is 40.2 Å². The van der Waals surface area contributed by atoms with Crippen LogP contribution in [0.15, 0.2) is 47.6 Å². The number of nitrogens with zero attached hydrogens (tertiary/aromatic N) is 7. The lowest BCUT2D eigenvalue weighted by Gasteiger charge is -2.30. The molecule has 1 atom stereocenters. The second kappa shape index (κ2) is 10.7. The van der Waals surface area contributed by atoms with Gasteiger partial charge in [0.25, 0.3) is 5.89 Å². The van der Waals surface area contributed by atoms with E-state index in [-0.39, 0.29) is 30.4 Å². The van der Waals surface area contributed by atoms with Crippen LogP contribution in [0, 0.1) is 5.92 Å². The predicted octanol–water partition coefficient (Wildman–Crippen LogP) is 2.62. The number of pyridine rings is 1. The molecule has 0 aliphatic carbocycles. The molecule has 4 aromatic rings. The minimum absolute atomic E-state index is 0.0911. The first-order chi connectivity index (χ1) is 18.3. The number of hydrogen-bond donors (Lipinski definition) is 2. The van der Waals surface area contributed by atoms with Crippen LogP contribution in [0.3, 0.4) is 0 Å². The van der Waals surface area contributed by atoms with E-state index in [0.29, 0.717) is 30.5 Å². The Labute approximate surface area is 220 Å². The number of nitrogens with two attached hydrogens (primary N) is 1. The molecule has 5 heterocycles. The van der Waals surface area contributed by atoms with Gasteiger partial charge in [0.1, 0.15) is 6.54 Å². The van der Waals surface area contributed by atoms with Crippen molar-refractivity contribution in [3.05, 3.63) is 54.5 Å². The van der Waals surface area contributed by atoms with Crippen LogP contribution in [-0.4, -0.2) is 60.0 Å². The topological polar surface area (TPSA) is 160 Å². The van der Waals surface area contributed by atoms with Gasteiger partial charge >= 0.3 is 0 Å². The molecular weight excluding hydrogens is 486 g/mol. The fraction of sp³-hybridized carbons (Fsp3) is 0.423. The Morgan fingerprint density at radius 3 is 2.58 bits per heavy atom. The van der Waals surface area contributed by atoms with E-state index >= 15 is 0 Å². The van der Waals surface area contributed by atoms with Gasteiger partial charge in [0.15, 0.2) is 5.82 Å². The monoisotopic (exact) mass is 517 g/mol. The van der Waals surface area contributed by atoms with Gasteiger partial charge < -0.3 is 20.3 Å². The standard InChI is InChI=1S/C26H31N9O3/c1-16(2)26(3,19-4-5-21(28-13-19)17-10-29-25(27)30-11-17)24-33-23(38-34-24)18-12-31-35(14-18)15-22(36)32-20-6-8-37-9-7-20/h4-5,10-14,16,20H,6-9,15H2,1-3H3,(H,32,36)(H2,27,29,30)/t26-/m1/s1. The number of rotatable bonds is 8. The molecule has 3 N–H and O–H groups in total. The number of anilines is 1. The fourth-order valence-electron chi connectivity index (χ4n) is 4.44. The average Bonchev–Trinajstić information content (AvgIpc) is 3.59. The summed E-state index contributed by atoms with van der Waals surface area (Å²) in [6.45, 7) is 7.73. The number of aromatic nitrogens is 7. The van der Waals surface area contributed by atoms with Crippen LogP contribution in [0.25, 0.3) is 22.7 Å². The molecule has 12 heteroatoms. The largest absolute Gasteiger partial charge is 0.381 e. The van der Waals surface area contributed by atoms with Gasteiger partial charge in [0, 0.05) is 49.6 Å². The summed E-state index contributed by atoms with van der Waals surface area (Å²) in [5.41, 5.74) is 8.13. The lowest BCUT2D eigenvalue weighted by Crippen LogP contribution is -2.40. The molecule has 0 saturated carbocycles. The van der Waals surface area contributed by atoms with Gasteiger partial charge in [0.05, 0.1) is 22.9 Å². The highest BCUT2D eigenvalue weighted by Gasteiger charge is 2.38. The first kappa shape index (κ1) is 25.5. The molecule has 0 aromatic carbocycles. The second-order valence-corrected chi connectivity index (χ2v) is 9.92. The van der Waals surface area contributed by atoms with E-state index in [9.17, 15) is 4.79 Å². The third kappa shape index (κ3) is 5.25. The Kier molecular flexibility index (Phi) is 7.14. The Morgan fingerprint density at radius 2 is 1.89 bits per heavy atom. The smallest absolute Gasteiger partial charge is 0.261 e. The number of hydrogen-bond acceptors (Lipinski definition) is 10. The summed E-state index contributed by atoms with van der Waals surface area (Å²) in [4.78, 5) is 29.9. The Morgan fingerprint density at radius 1 is 1.13 bits per heavy atom. The highest BCUT2D eigenvalue weighted by molar-refractivity contribution is 5.76. The Hall–Kier alpha value is -4.19. The number of amides is 1. The number of carbonyl (C=O) groups is 1. The molecule has 38 heavy (non-hydrogen) atoms. The van der Waals surface area contributed by atoms with Crippen molar-refractivity contribution in [3.8, 4) is 22.7 Å². The third-order valence-electron chi connectivity index (χ3n) is 7.15. The number of nitrogen functional groups attached to an aromatic ring is 1. The molecule has 1 aliphatic rings. The first-order valence-electron chi connectivity index (χ1n) is 12.6. The molecule has 0 bridgehead atoms. The van der Waals surface area contributed by atoms with Crippen LogP contribution in [0.5, 0.6) is 0 Å². The molecule has 0 unspecified atom stereocenters. The summed E-state index contributed by atoms with van der Waals surface area (Å²) in [6, 6.07) is 4.06. The second-order valence-electron chi connectivity index (χ2n) is 9.92. The summed E-state index contributed by atoms with van der Waals surface area (Å²) >= 11 is 0. The van der Waals surface area contributed by atoms with Gasteiger partial charge in [-0.2, -0.15) is 10.1 Å². The lowest BCUT2D eigenvalue weighted by molar-refractivity contribution is -0.123. The zero-order valence-electron chi connectivity index (χ0n) is 21.7. The van der Waals surface area contributed by atoms with Crippen LogP contribution in [0.2, 0.25) is 0 Å². The molecule has 5 rings (SSSR count). The van der Waals surface area contributed by atoms with E-state index in [1.807, 2.05) is 18.3 Å². The van der Waals surface area contributed by atoms with Crippen molar-refractivity contribution in [1.29, 1.82) is 0 Å². The van der Waals surface area contributed by atoms with Gasteiger partial charge in [-0.1, -0.05) is 25.1 Å². The van der Waals surface area contributed by atoms with E-state index in [1.54, 1.807) is 29.5 Å². The predicted molar refractivity (Wildman–Crippen MR) is 138 cm³/mol. The van der Waals surface area contributed by atoms with E-state index < -0.39 is 5.41 Å². The zero-order valence-corrected chi connectivity index (χ0v) is 21.7. The van der Waals surface area contributed by atoms with Crippen LogP contribution in [0.1, 0.15) is 45.0 Å². The fourth-order valence-corrected chi connectivity index (χ4v) is 4.44. The maximum Gasteiger partial charge on any atom is 0.261 e. The van der Waals surface area contributed by atoms with Gasteiger partial charge in [0.2, 0.25) is 11.9 Å². The van der Waals surface area contributed by atoms with E-state index in [1.165, 1.54) is 0 Å². The maximum absolute atomic E-state index is 12.4. The van der Waals surface area contributed by atoms with Crippen molar-refractivity contribution < 1.29 is 14.1 Å². The molecule has 1 saturated heterocycles. The minimum Gasteiger partial charge on any atom is -0.381 e. The van der Waals surface area contributed by atoms with Crippen LogP contribution in [0.4, 0.5) is 5.95 Å². The Bertz CT molecular complexity index is 1380. The summed E-state index contributed by atoms with van der Waals surface area (Å²) < 4.78 is 12.5. The minimum atomic E-state index is -0.565. The summed E-state index contributed by atoms with van der Waals surface area (Å²) in [5, 5.41) is 11.7. The van der Waals surface area contributed by atoms with Gasteiger partial charge in [-0.3, -0.25) is 14.5 Å². The van der Waals surface area contributed by atoms with Crippen molar-refractivity contribution in [2.24, 2.45) is 5.92 Å². The van der Waals surface area contributed by atoms with Crippen molar-refractivity contribution >= 4 is 11.9 Å². The normalized spacial score (nSPS) is 15.9. The van der Waals surface area contributed by atoms with Gasteiger partial charge in [-0.25, -0.2) is 9.97 Å². The molecule has 0 spiro atoms. The highest BCUT2D eigenvalue weighted by atomic mass is 16.5. The van der Waals surface area contributed by atoms with Crippen molar-refractivity contribution in [2.75, 3.05) is 18.9 Å². The molecule has 4 aromatic heterocycles. The van der Waals surface area contributed by atoms with E-state index in [2.05, 4.69) is 51.3 Å². The van der Waals surface area contributed by atoms with Crippen LogP contribution >= 0.6 is 0 Å². The van der Waals surface area contributed by atoms with Gasteiger partial charge in [-0.05, 0) is 37.3 Å². The third-order valence-corrected chi connectivity index (χ3v) is 7.15. The van der Waals surface area contributed by atoms with E-state index in [0.717, 1.165) is 29.7 Å². The molecule has 1 aliphatic heterocycles. The van der Waals surface area contributed by atoms with Crippen molar-refractivity contribution in [2.45, 2.75) is 51.6 Å². The number of nitrogens with one attached hydrogen (secondary N) is 1. The summed E-state index contributed by atoms with van der Waals surface area (Å²) in [6.07, 6.45) is 10.1. The molecule has 1 amide bonds. The van der Waals surface area contributed by atoms with Crippen LogP contribution in [-0.2, 0) is 21.5 Å². The van der Waals surface area contributed by atoms with Crippen LogP contribution < -0.4 is 11.1 Å². The van der Waals surface area contributed by atoms with Crippen molar-refractivity contribution in [3.63, 3.8) is 0 Å². The molecule has 1 fully saturated rings. The zero-order chi connectivity index (χ0) is 26.7. The number of carbonyl (C=O) groups excluding carboxylic acids is 1. The quantitative estimate of drug-likeness (QED) is 0.355. The summed E-state index contributed by atoms with van der Waals surface area (Å²) in [5.74, 6) is 1.14. The van der Waals surface area contributed by atoms with Gasteiger partial charge in [-0.15, -0.1) is 0 Å². The lowest BCUT2D eigenvalue weighted by atomic mass is 9.73. The average molecular weight is 518 g/mol. The molecule has 198 valence electrons. The molecule has 12 nitrogen and oxygen atoms in total. The maximum atomic E-state index is 12.4. The number of ether oxygens (including phenoxy) is 1. The summed E-state index contributed by atoms with van der Waals surface area (Å²) in [7, 11) is 0. The first-order valence-corrected chi connectivity index (χ1v) is 12.6. The van der Waals surface area contributed by atoms with E-state index in [4.69, 9.17) is 20.0 Å². The molecular formula is C26H31N9O3. The Balaban J connectivity index is 1.32.